The van der Waals surface area contributed by atoms with Gasteiger partial charge in [0.15, 0.2) is 17.6 Å². The highest BCUT2D eigenvalue weighted by molar-refractivity contribution is 6.12. The van der Waals surface area contributed by atoms with Crippen LogP contribution >= 0.6 is 0 Å². The molecule has 3 aromatic rings. The van der Waals surface area contributed by atoms with Crippen molar-refractivity contribution < 1.29 is 23.2 Å². The molecule has 31 heavy (non-hydrogen) atoms. The average molecular weight is 420 g/mol. The van der Waals surface area contributed by atoms with Gasteiger partial charge in [0, 0.05) is 11.6 Å². The van der Waals surface area contributed by atoms with E-state index in [1.807, 2.05) is 0 Å². The molecule has 2 amide bonds. The molecule has 1 N–H and O–H groups in total. The van der Waals surface area contributed by atoms with E-state index in [0.29, 0.717) is 17.0 Å². The van der Waals surface area contributed by atoms with Crippen LogP contribution < -0.4 is 10.2 Å². The van der Waals surface area contributed by atoms with Gasteiger partial charge in [-0.1, -0.05) is 25.0 Å². The van der Waals surface area contributed by atoms with Crippen molar-refractivity contribution in [3.8, 4) is 0 Å². The number of furan rings is 2. The van der Waals surface area contributed by atoms with Crippen LogP contribution in [0.1, 0.15) is 65.3 Å². The van der Waals surface area contributed by atoms with E-state index in [2.05, 4.69) is 5.32 Å². The van der Waals surface area contributed by atoms with Crippen molar-refractivity contribution in [2.75, 3.05) is 4.90 Å². The Morgan fingerprint density at radius 1 is 0.968 bits per heavy atom. The van der Waals surface area contributed by atoms with E-state index in [1.54, 1.807) is 42.5 Å². The zero-order chi connectivity index (χ0) is 21.8. The smallest absolute Gasteiger partial charge is 0.295 e. The summed E-state index contributed by atoms with van der Waals surface area (Å²) in [6.45, 7) is 1.43. The van der Waals surface area contributed by atoms with Gasteiger partial charge in [-0.3, -0.25) is 19.3 Å². The van der Waals surface area contributed by atoms with E-state index >= 15 is 0 Å². The first-order valence-corrected chi connectivity index (χ1v) is 10.4. The van der Waals surface area contributed by atoms with Crippen molar-refractivity contribution in [3.05, 3.63) is 78.1 Å². The Morgan fingerprint density at radius 2 is 1.68 bits per heavy atom. The minimum Gasteiger partial charge on any atom is -0.467 e. The summed E-state index contributed by atoms with van der Waals surface area (Å²) in [4.78, 5) is 40.7. The third-order valence-corrected chi connectivity index (χ3v) is 5.51. The fourth-order valence-electron chi connectivity index (χ4n) is 4.04. The van der Waals surface area contributed by atoms with Crippen molar-refractivity contribution in [2.45, 2.75) is 44.7 Å². The molecule has 1 fully saturated rings. The second-order valence-corrected chi connectivity index (χ2v) is 7.63. The van der Waals surface area contributed by atoms with Crippen molar-refractivity contribution in [1.82, 2.24) is 5.32 Å². The lowest BCUT2D eigenvalue weighted by Gasteiger charge is -2.31. The quantitative estimate of drug-likeness (QED) is 0.567. The zero-order valence-corrected chi connectivity index (χ0v) is 17.2. The molecule has 7 heteroatoms. The number of anilines is 1. The van der Waals surface area contributed by atoms with Gasteiger partial charge in [0.05, 0.1) is 18.2 Å². The number of benzene rings is 1. The van der Waals surface area contributed by atoms with Crippen molar-refractivity contribution in [3.63, 3.8) is 0 Å². The van der Waals surface area contributed by atoms with E-state index in [0.717, 1.165) is 25.7 Å². The van der Waals surface area contributed by atoms with Crippen LogP contribution in [-0.2, 0) is 4.79 Å². The van der Waals surface area contributed by atoms with Gasteiger partial charge in [-0.15, -0.1) is 0 Å². The molecule has 4 rings (SSSR count). The first-order chi connectivity index (χ1) is 15.1. The van der Waals surface area contributed by atoms with E-state index in [9.17, 15) is 14.4 Å². The number of nitrogens with one attached hydrogen (secondary N) is 1. The van der Waals surface area contributed by atoms with Gasteiger partial charge in [0.25, 0.3) is 11.8 Å². The summed E-state index contributed by atoms with van der Waals surface area (Å²) < 4.78 is 10.9. The predicted molar refractivity (Wildman–Crippen MR) is 114 cm³/mol. The summed E-state index contributed by atoms with van der Waals surface area (Å²) in [6, 6.07) is 12.1. The van der Waals surface area contributed by atoms with Gasteiger partial charge in [-0.25, -0.2) is 0 Å². The summed E-state index contributed by atoms with van der Waals surface area (Å²) in [5.74, 6) is -0.763. The molecule has 1 saturated carbocycles. The van der Waals surface area contributed by atoms with Gasteiger partial charge >= 0.3 is 0 Å². The second-order valence-electron chi connectivity index (χ2n) is 7.63. The molecule has 0 radical (unpaired) electrons. The standard InChI is InChI=1S/C24H24N2O5/c1-16(27)18-10-4-5-11-19(18)26(24(29)21-13-7-15-31-21)22(20-12-6-14-30-20)23(28)25-17-8-2-3-9-17/h4-7,10-15,17,22H,2-3,8-9H2,1H3,(H,25,28)/t22-/m1/s1. The van der Waals surface area contributed by atoms with Crippen LogP contribution in [-0.4, -0.2) is 23.6 Å². The first kappa shape index (κ1) is 20.7. The fraction of sp³-hybridized carbons (Fsp3) is 0.292. The van der Waals surface area contributed by atoms with Crippen LogP contribution in [0, 0.1) is 0 Å². The van der Waals surface area contributed by atoms with E-state index in [-0.39, 0.29) is 23.5 Å². The summed E-state index contributed by atoms with van der Waals surface area (Å²) in [6.07, 6.45) is 6.75. The number of rotatable bonds is 7. The van der Waals surface area contributed by atoms with Crippen LogP contribution in [0.4, 0.5) is 5.69 Å². The Hall–Kier alpha value is -3.61. The molecule has 0 saturated heterocycles. The Balaban J connectivity index is 1.83. The minimum absolute atomic E-state index is 0.0496. The van der Waals surface area contributed by atoms with Crippen LogP contribution in [0.2, 0.25) is 0 Å². The lowest BCUT2D eigenvalue weighted by atomic mass is 10.0. The monoisotopic (exact) mass is 420 g/mol. The largest absolute Gasteiger partial charge is 0.467 e. The number of para-hydroxylation sites is 1. The molecule has 0 spiro atoms. The highest BCUT2D eigenvalue weighted by Gasteiger charge is 2.38. The Labute approximate surface area is 180 Å². The maximum atomic E-state index is 13.6. The van der Waals surface area contributed by atoms with Gasteiger partial charge in [0.2, 0.25) is 0 Å². The molecule has 1 atom stereocenters. The summed E-state index contributed by atoms with van der Waals surface area (Å²) in [7, 11) is 0. The molecule has 1 aromatic carbocycles. The van der Waals surface area contributed by atoms with Gasteiger partial charge in [-0.2, -0.15) is 0 Å². The van der Waals surface area contributed by atoms with Crippen LogP contribution in [0.3, 0.4) is 0 Å². The second kappa shape index (κ2) is 9.04. The lowest BCUT2D eigenvalue weighted by Crippen LogP contribution is -2.46. The normalized spacial score (nSPS) is 14.9. The molecule has 2 aromatic heterocycles. The number of hydrogen-bond acceptors (Lipinski definition) is 5. The number of amides is 2. The molecule has 2 heterocycles. The number of carbonyl (C=O) groups is 3. The summed E-state index contributed by atoms with van der Waals surface area (Å²) in [5, 5.41) is 3.06. The van der Waals surface area contributed by atoms with Gasteiger partial charge in [0.1, 0.15) is 5.76 Å². The van der Waals surface area contributed by atoms with E-state index < -0.39 is 11.9 Å². The molecule has 7 nitrogen and oxygen atoms in total. The SMILES string of the molecule is CC(=O)c1ccccc1N(C(=O)c1ccco1)[C@@H](C(=O)NC1CCCC1)c1ccco1. The number of carbonyl (C=O) groups excluding carboxylic acids is 3. The van der Waals surface area contributed by atoms with E-state index in [1.165, 1.54) is 30.4 Å². The minimum atomic E-state index is -1.10. The predicted octanol–water partition coefficient (Wildman–Crippen LogP) is 4.52. The molecule has 1 aliphatic rings. The highest BCUT2D eigenvalue weighted by atomic mass is 16.3. The Bertz CT molecular complexity index is 1050. The van der Waals surface area contributed by atoms with E-state index in [4.69, 9.17) is 8.83 Å². The highest BCUT2D eigenvalue weighted by Crippen LogP contribution is 2.33. The zero-order valence-electron chi connectivity index (χ0n) is 17.2. The maximum Gasteiger partial charge on any atom is 0.295 e. The number of nitrogens with zero attached hydrogens (tertiary/aromatic N) is 1. The molecule has 160 valence electrons. The van der Waals surface area contributed by atoms with Crippen LogP contribution in [0.15, 0.2) is 69.9 Å². The topological polar surface area (TPSA) is 92.8 Å². The number of Topliss-reactive ketones (excluding diaryl/α,β-unsaturated/α-hetero) is 1. The third kappa shape index (κ3) is 4.30. The summed E-state index contributed by atoms with van der Waals surface area (Å²) >= 11 is 0. The van der Waals surface area contributed by atoms with Gasteiger partial charge in [-0.05, 0) is 56.2 Å². The van der Waals surface area contributed by atoms with Crippen molar-refractivity contribution in [2.24, 2.45) is 0 Å². The molecular weight excluding hydrogens is 396 g/mol. The van der Waals surface area contributed by atoms with Crippen molar-refractivity contribution in [1.29, 1.82) is 0 Å². The van der Waals surface area contributed by atoms with Crippen LogP contribution in [0.5, 0.6) is 0 Å². The molecule has 0 unspecified atom stereocenters. The number of hydrogen-bond donors (Lipinski definition) is 1. The summed E-state index contributed by atoms with van der Waals surface area (Å²) in [5.41, 5.74) is 0.645. The average Bonchev–Trinajstić information content (AvgIpc) is 3.55. The Kier molecular flexibility index (Phi) is 6.02. The lowest BCUT2D eigenvalue weighted by molar-refractivity contribution is -0.123. The molecule has 0 aliphatic heterocycles. The Morgan fingerprint density at radius 3 is 2.32 bits per heavy atom. The first-order valence-electron chi connectivity index (χ1n) is 10.4. The van der Waals surface area contributed by atoms with Crippen LogP contribution in [0.25, 0.3) is 0 Å². The number of ketones is 1. The maximum absolute atomic E-state index is 13.6. The van der Waals surface area contributed by atoms with Gasteiger partial charge < -0.3 is 14.2 Å². The fourth-order valence-corrected chi connectivity index (χ4v) is 4.04. The molecular formula is C24H24N2O5. The molecule has 1 aliphatic carbocycles. The molecule has 0 bridgehead atoms. The third-order valence-electron chi connectivity index (χ3n) is 5.51. The van der Waals surface area contributed by atoms with Crippen molar-refractivity contribution >= 4 is 23.3 Å².